The molecule has 5 heterocycles. The van der Waals surface area contributed by atoms with Gasteiger partial charge in [0.25, 0.3) is 0 Å². The highest BCUT2D eigenvalue weighted by atomic mass is 32.2. The van der Waals surface area contributed by atoms with Gasteiger partial charge in [0.2, 0.25) is 21.9 Å². The van der Waals surface area contributed by atoms with E-state index >= 15 is 0 Å². The van der Waals surface area contributed by atoms with Gasteiger partial charge < -0.3 is 29.3 Å². The van der Waals surface area contributed by atoms with Crippen molar-refractivity contribution in [2.24, 2.45) is 0 Å². The van der Waals surface area contributed by atoms with Gasteiger partial charge in [-0.25, -0.2) is 18.4 Å². The number of nitrogens with zero attached hydrogens (tertiary/aromatic N) is 7. The number of morpholine rings is 1. The largest absolute Gasteiger partial charge is 0.489 e. The Labute approximate surface area is 270 Å². The van der Waals surface area contributed by atoms with Crippen molar-refractivity contribution < 1.29 is 22.6 Å². The molecular weight excluding hydrogens is 610 g/mol. The quantitative estimate of drug-likeness (QED) is 0.312. The number of sulfonamides is 1. The molecular formula is C31H45N9O5S. The highest BCUT2D eigenvalue weighted by Crippen LogP contribution is 2.33. The van der Waals surface area contributed by atoms with Gasteiger partial charge in [-0.15, -0.1) is 0 Å². The third kappa shape index (κ3) is 8.63. The number of rotatable bonds is 11. The number of piperazine rings is 1. The van der Waals surface area contributed by atoms with Crippen molar-refractivity contribution in [1.29, 1.82) is 0 Å². The average Bonchev–Trinajstić information content (AvgIpc) is 3.04. The number of aryl methyl sites for hydroxylation is 1. The van der Waals surface area contributed by atoms with Gasteiger partial charge >= 0.3 is 0 Å². The number of hydrogen-bond donors (Lipinski definition) is 2. The number of ether oxygens (including phenoxy) is 3. The van der Waals surface area contributed by atoms with E-state index in [0.717, 1.165) is 95.0 Å². The van der Waals surface area contributed by atoms with Crippen LogP contribution >= 0.6 is 0 Å². The fourth-order valence-electron chi connectivity index (χ4n) is 6.08. The zero-order chi connectivity index (χ0) is 32.1. The minimum absolute atomic E-state index is 0.0426. The lowest BCUT2D eigenvalue weighted by molar-refractivity contribution is 0.122. The molecule has 15 heteroatoms. The number of aromatic nitrogens is 4. The van der Waals surface area contributed by atoms with Crippen LogP contribution in [0, 0.1) is 6.92 Å². The summed E-state index contributed by atoms with van der Waals surface area (Å²) in [5.41, 5.74) is 1.89. The summed E-state index contributed by atoms with van der Waals surface area (Å²) in [6, 6.07) is 3.88. The van der Waals surface area contributed by atoms with Gasteiger partial charge in [-0.05, 0) is 45.7 Å². The predicted octanol–water partition coefficient (Wildman–Crippen LogP) is 2.36. The van der Waals surface area contributed by atoms with Crippen LogP contribution in [0.15, 0.2) is 24.5 Å². The summed E-state index contributed by atoms with van der Waals surface area (Å²) >= 11 is 0. The van der Waals surface area contributed by atoms with E-state index in [1.165, 1.54) is 6.20 Å². The minimum atomic E-state index is -3.46. The molecule has 0 amide bonds. The molecule has 6 rings (SSSR count). The van der Waals surface area contributed by atoms with E-state index in [0.29, 0.717) is 48.2 Å². The van der Waals surface area contributed by atoms with Crippen molar-refractivity contribution in [3.05, 3.63) is 30.2 Å². The Bertz CT molecular complexity index is 1590. The first kappa shape index (κ1) is 32.4. The first-order valence-electron chi connectivity index (χ1n) is 16.1. The van der Waals surface area contributed by atoms with E-state index in [9.17, 15) is 8.42 Å². The number of nitrogens with one attached hydrogen (secondary N) is 2. The summed E-state index contributed by atoms with van der Waals surface area (Å²) in [6.07, 6.45) is 7.78. The molecule has 3 aromatic heterocycles. The number of fused-ring (bicyclic) bond motifs is 1. The number of likely N-dealkylation sites (N-methyl/N-ethyl adjacent to an activating group) is 1. The molecule has 0 spiro atoms. The second-order valence-corrected chi connectivity index (χ2v) is 14.2. The lowest BCUT2D eigenvalue weighted by Gasteiger charge is -2.32. The minimum Gasteiger partial charge on any atom is -0.489 e. The van der Waals surface area contributed by atoms with Gasteiger partial charge in [0.05, 0.1) is 54.1 Å². The molecule has 3 aliphatic rings. The summed E-state index contributed by atoms with van der Waals surface area (Å²) in [5.74, 6) is 2.57. The summed E-state index contributed by atoms with van der Waals surface area (Å²) in [6.45, 7) is 10.5. The van der Waals surface area contributed by atoms with Crippen molar-refractivity contribution in [3.8, 4) is 11.6 Å². The summed E-state index contributed by atoms with van der Waals surface area (Å²) in [7, 11) is -1.30. The van der Waals surface area contributed by atoms with Crippen LogP contribution < -0.4 is 24.4 Å². The Hall–Kier alpha value is -3.53. The van der Waals surface area contributed by atoms with Crippen molar-refractivity contribution in [1.82, 2.24) is 29.7 Å². The lowest BCUT2D eigenvalue weighted by atomic mass is 9.93. The molecule has 2 aliphatic heterocycles. The SMILES string of the molecule is Cc1nc(N[C@H]2CC[C@@H](Oc3nc(N4CCOCC4)cc4ncc(NS(C)(=O)=O)cc34)CC2)ncc1OCCN1CCN(C)CC1. The van der Waals surface area contributed by atoms with Crippen LogP contribution in [0.1, 0.15) is 31.4 Å². The lowest BCUT2D eigenvalue weighted by Crippen LogP contribution is -2.45. The molecule has 250 valence electrons. The second-order valence-electron chi connectivity index (χ2n) is 12.4. The molecule has 46 heavy (non-hydrogen) atoms. The molecule has 0 radical (unpaired) electrons. The van der Waals surface area contributed by atoms with Gasteiger partial charge in [0.1, 0.15) is 18.5 Å². The molecule has 0 bridgehead atoms. The molecule has 2 saturated heterocycles. The molecule has 14 nitrogen and oxygen atoms in total. The van der Waals surface area contributed by atoms with Crippen molar-refractivity contribution in [3.63, 3.8) is 0 Å². The number of anilines is 3. The highest BCUT2D eigenvalue weighted by molar-refractivity contribution is 7.92. The van der Waals surface area contributed by atoms with Crippen LogP contribution in [0.25, 0.3) is 10.9 Å². The molecule has 0 aromatic carbocycles. The van der Waals surface area contributed by atoms with Crippen molar-refractivity contribution in [2.45, 2.75) is 44.8 Å². The standard InChI is InChI=1S/C31H45N9O5S/c1-22-28(44-17-12-39-10-8-38(2)9-11-39)21-33-31(34-22)35-23-4-6-25(7-5-23)45-30-26-18-24(37-46(3,41)42)20-32-27(26)19-29(36-30)40-13-15-43-16-14-40/h18-21,23,25,37H,4-17H2,1-3H3,(H,33,34,35)/t23-,25+. The van der Waals surface area contributed by atoms with Crippen molar-refractivity contribution in [2.75, 3.05) is 93.9 Å². The summed E-state index contributed by atoms with van der Waals surface area (Å²) in [4.78, 5) is 25.6. The zero-order valence-electron chi connectivity index (χ0n) is 26.9. The fraction of sp³-hybridized carbons (Fsp3) is 0.613. The van der Waals surface area contributed by atoms with E-state index in [-0.39, 0.29) is 12.1 Å². The Morgan fingerprint density at radius 1 is 0.978 bits per heavy atom. The highest BCUT2D eigenvalue weighted by Gasteiger charge is 2.26. The first-order valence-corrected chi connectivity index (χ1v) is 18.0. The summed E-state index contributed by atoms with van der Waals surface area (Å²) in [5, 5.41) is 4.17. The van der Waals surface area contributed by atoms with E-state index < -0.39 is 10.0 Å². The molecule has 1 saturated carbocycles. The van der Waals surface area contributed by atoms with Gasteiger partial charge in [0.15, 0.2) is 5.75 Å². The number of pyridine rings is 2. The normalized spacial score (nSPS) is 21.7. The average molecular weight is 656 g/mol. The van der Waals surface area contributed by atoms with Gasteiger partial charge in [-0.3, -0.25) is 14.6 Å². The topological polar surface area (TPSA) is 147 Å². The Morgan fingerprint density at radius 2 is 1.74 bits per heavy atom. The van der Waals surface area contributed by atoms with E-state index in [2.05, 4.69) is 46.7 Å². The monoisotopic (exact) mass is 655 g/mol. The maximum atomic E-state index is 11.9. The van der Waals surface area contributed by atoms with E-state index in [1.807, 2.05) is 13.0 Å². The first-order chi connectivity index (χ1) is 22.2. The molecule has 0 unspecified atom stereocenters. The third-order valence-electron chi connectivity index (χ3n) is 8.75. The zero-order valence-corrected chi connectivity index (χ0v) is 27.8. The van der Waals surface area contributed by atoms with E-state index in [1.54, 1.807) is 12.3 Å². The predicted molar refractivity (Wildman–Crippen MR) is 178 cm³/mol. The van der Waals surface area contributed by atoms with Gasteiger partial charge in [-0.2, -0.15) is 4.98 Å². The second kappa shape index (κ2) is 14.5. The molecule has 2 N–H and O–H groups in total. The van der Waals surface area contributed by atoms with Crippen LogP contribution in [-0.2, 0) is 14.8 Å². The summed E-state index contributed by atoms with van der Waals surface area (Å²) < 4.78 is 44.3. The fourth-order valence-corrected chi connectivity index (χ4v) is 6.62. The maximum absolute atomic E-state index is 11.9. The third-order valence-corrected chi connectivity index (χ3v) is 9.36. The molecule has 3 aromatic rings. The van der Waals surface area contributed by atoms with Crippen LogP contribution in [0.2, 0.25) is 0 Å². The van der Waals surface area contributed by atoms with Crippen LogP contribution in [-0.4, -0.2) is 129 Å². The van der Waals surface area contributed by atoms with Crippen LogP contribution in [0.4, 0.5) is 17.5 Å². The Balaban J connectivity index is 1.06. The Kier molecular flexibility index (Phi) is 10.2. The number of hydrogen-bond acceptors (Lipinski definition) is 13. The molecule has 0 atom stereocenters. The molecule has 3 fully saturated rings. The molecule has 1 aliphatic carbocycles. The van der Waals surface area contributed by atoms with Crippen molar-refractivity contribution >= 4 is 38.4 Å². The van der Waals surface area contributed by atoms with Gasteiger partial charge in [0, 0.05) is 57.9 Å². The van der Waals surface area contributed by atoms with Gasteiger partial charge in [-0.1, -0.05) is 0 Å². The maximum Gasteiger partial charge on any atom is 0.229 e. The Morgan fingerprint density at radius 3 is 2.46 bits per heavy atom. The van der Waals surface area contributed by atoms with E-state index in [4.69, 9.17) is 19.2 Å². The smallest absolute Gasteiger partial charge is 0.229 e. The van der Waals surface area contributed by atoms with Crippen LogP contribution in [0.3, 0.4) is 0 Å². The van der Waals surface area contributed by atoms with Crippen LogP contribution in [0.5, 0.6) is 11.6 Å².